The van der Waals surface area contributed by atoms with Crippen molar-refractivity contribution < 1.29 is 18.7 Å². The number of methoxy groups -OCH3 is 1. The molecule has 128 valence electrons. The second kappa shape index (κ2) is 6.86. The van der Waals surface area contributed by atoms with Gasteiger partial charge in [-0.3, -0.25) is 4.79 Å². The maximum Gasteiger partial charge on any atom is 0.407 e. The number of benzene rings is 1. The van der Waals surface area contributed by atoms with Crippen molar-refractivity contribution in [2.24, 2.45) is 0 Å². The van der Waals surface area contributed by atoms with Crippen molar-refractivity contribution in [2.45, 2.75) is 25.3 Å². The Balaban J connectivity index is 1.80. The molecule has 7 nitrogen and oxygen atoms in total. The minimum Gasteiger partial charge on any atom is -0.453 e. The second-order valence-corrected chi connectivity index (χ2v) is 5.73. The summed E-state index contributed by atoms with van der Waals surface area (Å²) in [5.41, 5.74) is 1.27. The molecular weight excluding hydrogens is 315 g/mol. The van der Waals surface area contributed by atoms with Crippen LogP contribution in [0.4, 0.5) is 9.18 Å². The van der Waals surface area contributed by atoms with E-state index in [1.807, 2.05) is 0 Å². The first kappa shape index (κ1) is 16.2. The lowest BCUT2D eigenvalue weighted by Crippen LogP contribution is -2.44. The van der Waals surface area contributed by atoms with Crippen molar-refractivity contribution in [3.8, 4) is 0 Å². The highest BCUT2D eigenvalue weighted by molar-refractivity contribution is 5.83. The van der Waals surface area contributed by atoms with Crippen molar-refractivity contribution in [1.82, 2.24) is 20.2 Å². The van der Waals surface area contributed by atoms with Crippen LogP contribution in [-0.4, -0.2) is 47.1 Å². The topological polar surface area (TPSA) is 87.3 Å². The number of rotatable bonds is 3. The maximum absolute atomic E-state index is 13.3. The third kappa shape index (κ3) is 3.32. The Hall–Kier alpha value is -2.64. The number of halogens is 1. The number of fused-ring (bicyclic) bond motifs is 1. The van der Waals surface area contributed by atoms with Gasteiger partial charge in [-0.1, -0.05) is 0 Å². The van der Waals surface area contributed by atoms with Gasteiger partial charge in [-0.25, -0.2) is 14.2 Å². The van der Waals surface area contributed by atoms with Crippen LogP contribution in [0.3, 0.4) is 0 Å². The highest BCUT2D eigenvalue weighted by Gasteiger charge is 2.30. The van der Waals surface area contributed by atoms with E-state index in [4.69, 9.17) is 0 Å². The monoisotopic (exact) mass is 334 g/mol. The van der Waals surface area contributed by atoms with Crippen LogP contribution in [0.1, 0.15) is 31.1 Å². The number of amides is 2. The molecule has 0 radical (unpaired) electrons. The third-order valence-corrected chi connectivity index (χ3v) is 4.17. The zero-order valence-electron chi connectivity index (χ0n) is 13.3. The molecule has 1 aromatic carbocycles. The van der Waals surface area contributed by atoms with E-state index in [9.17, 15) is 14.0 Å². The number of imidazole rings is 1. The van der Waals surface area contributed by atoms with Gasteiger partial charge < -0.3 is 19.9 Å². The van der Waals surface area contributed by atoms with Gasteiger partial charge in [-0.05, 0) is 37.5 Å². The Morgan fingerprint density at radius 1 is 1.46 bits per heavy atom. The summed E-state index contributed by atoms with van der Waals surface area (Å²) in [6, 6.07) is 4.15. The molecule has 2 aromatic rings. The molecule has 0 spiro atoms. The van der Waals surface area contributed by atoms with Crippen molar-refractivity contribution in [3.05, 3.63) is 29.8 Å². The average molecular weight is 334 g/mol. The van der Waals surface area contributed by atoms with E-state index < -0.39 is 6.09 Å². The van der Waals surface area contributed by atoms with Gasteiger partial charge in [-0.2, -0.15) is 0 Å². The lowest BCUT2D eigenvalue weighted by Gasteiger charge is -2.34. The fourth-order valence-corrected chi connectivity index (χ4v) is 3.00. The van der Waals surface area contributed by atoms with E-state index in [1.165, 1.54) is 19.2 Å². The lowest BCUT2D eigenvalue weighted by molar-refractivity contribution is -0.134. The SMILES string of the molecule is COC(=O)NCC(=O)N1CCCC[C@@H]1c1nc2ccc(F)cc2[nH]1. The van der Waals surface area contributed by atoms with Crippen LogP contribution in [0.25, 0.3) is 11.0 Å². The predicted molar refractivity (Wildman–Crippen MR) is 84.8 cm³/mol. The number of piperidine rings is 1. The van der Waals surface area contributed by atoms with E-state index in [2.05, 4.69) is 20.0 Å². The number of carbonyl (C=O) groups is 2. The van der Waals surface area contributed by atoms with Crippen LogP contribution in [0.15, 0.2) is 18.2 Å². The van der Waals surface area contributed by atoms with Gasteiger partial charge in [0.15, 0.2) is 0 Å². The zero-order valence-corrected chi connectivity index (χ0v) is 13.3. The Labute approximate surface area is 138 Å². The first-order chi connectivity index (χ1) is 11.6. The van der Waals surface area contributed by atoms with Gasteiger partial charge in [0, 0.05) is 6.54 Å². The van der Waals surface area contributed by atoms with Gasteiger partial charge in [-0.15, -0.1) is 0 Å². The minimum atomic E-state index is -0.642. The molecule has 1 aliphatic rings. The number of ether oxygens (including phenoxy) is 1. The van der Waals surface area contributed by atoms with Crippen molar-refractivity contribution in [2.75, 3.05) is 20.2 Å². The second-order valence-electron chi connectivity index (χ2n) is 5.73. The number of alkyl carbamates (subject to hydrolysis) is 1. The standard InChI is InChI=1S/C16H19FN4O3/c1-24-16(23)18-9-14(22)21-7-3-2-4-13(21)15-19-11-6-5-10(17)8-12(11)20-15/h5-6,8,13H,2-4,7,9H2,1H3,(H,18,23)(H,19,20)/t13-/m1/s1. The molecule has 0 saturated carbocycles. The summed E-state index contributed by atoms with van der Waals surface area (Å²) >= 11 is 0. The van der Waals surface area contributed by atoms with Gasteiger partial charge in [0.25, 0.3) is 0 Å². The molecule has 2 heterocycles. The van der Waals surface area contributed by atoms with Crippen LogP contribution in [0, 0.1) is 5.82 Å². The molecular formula is C16H19FN4O3. The fraction of sp³-hybridized carbons (Fsp3) is 0.438. The molecule has 2 amide bonds. The number of aromatic amines is 1. The number of H-pyrrole nitrogens is 1. The first-order valence-corrected chi connectivity index (χ1v) is 7.85. The number of likely N-dealkylation sites (tertiary alicyclic amines) is 1. The quantitative estimate of drug-likeness (QED) is 0.900. The Morgan fingerprint density at radius 3 is 3.08 bits per heavy atom. The van der Waals surface area contributed by atoms with E-state index in [0.29, 0.717) is 23.4 Å². The molecule has 24 heavy (non-hydrogen) atoms. The van der Waals surface area contributed by atoms with Crippen LogP contribution in [0.2, 0.25) is 0 Å². The Kier molecular flexibility index (Phi) is 4.64. The van der Waals surface area contributed by atoms with Crippen LogP contribution < -0.4 is 5.32 Å². The lowest BCUT2D eigenvalue weighted by atomic mass is 10.0. The number of nitrogens with zero attached hydrogens (tertiary/aromatic N) is 2. The summed E-state index contributed by atoms with van der Waals surface area (Å²) in [6.07, 6.45) is 2.00. The van der Waals surface area contributed by atoms with Crippen molar-refractivity contribution >= 4 is 23.0 Å². The molecule has 1 aliphatic heterocycles. The van der Waals surface area contributed by atoms with Gasteiger partial charge in [0.05, 0.1) is 24.2 Å². The molecule has 8 heteroatoms. The highest BCUT2D eigenvalue weighted by Crippen LogP contribution is 2.30. The molecule has 3 rings (SSSR count). The van der Waals surface area contributed by atoms with Gasteiger partial charge in [0.2, 0.25) is 5.91 Å². The number of hydrogen-bond donors (Lipinski definition) is 2. The molecule has 1 fully saturated rings. The Morgan fingerprint density at radius 2 is 2.29 bits per heavy atom. The van der Waals surface area contributed by atoms with E-state index in [1.54, 1.807) is 11.0 Å². The summed E-state index contributed by atoms with van der Waals surface area (Å²) in [7, 11) is 1.25. The number of hydrogen-bond acceptors (Lipinski definition) is 4. The molecule has 1 saturated heterocycles. The minimum absolute atomic E-state index is 0.127. The molecule has 1 aromatic heterocycles. The third-order valence-electron chi connectivity index (χ3n) is 4.17. The van der Waals surface area contributed by atoms with E-state index in [0.717, 1.165) is 19.3 Å². The van der Waals surface area contributed by atoms with Crippen LogP contribution in [-0.2, 0) is 9.53 Å². The summed E-state index contributed by atoms with van der Waals surface area (Å²) in [5.74, 6) is 0.106. The highest BCUT2D eigenvalue weighted by atomic mass is 19.1. The van der Waals surface area contributed by atoms with Gasteiger partial charge >= 0.3 is 6.09 Å². The van der Waals surface area contributed by atoms with Gasteiger partial charge in [0.1, 0.15) is 18.2 Å². The van der Waals surface area contributed by atoms with E-state index in [-0.39, 0.29) is 24.3 Å². The summed E-state index contributed by atoms with van der Waals surface area (Å²) in [6.45, 7) is 0.468. The average Bonchev–Trinajstić information content (AvgIpc) is 3.02. The first-order valence-electron chi connectivity index (χ1n) is 7.85. The molecule has 1 atom stereocenters. The smallest absolute Gasteiger partial charge is 0.407 e. The molecule has 2 N–H and O–H groups in total. The van der Waals surface area contributed by atoms with Crippen LogP contribution in [0.5, 0.6) is 0 Å². The maximum atomic E-state index is 13.3. The predicted octanol–water partition coefficient (Wildman–Crippen LogP) is 2.11. The van der Waals surface area contributed by atoms with Crippen molar-refractivity contribution in [3.63, 3.8) is 0 Å². The number of aromatic nitrogens is 2. The largest absolute Gasteiger partial charge is 0.453 e. The van der Waals surface area contributed by atoms with E-state index >= 15 is 0 Å². The number of nitrogens with one attached hydrogen (secondary N) is 2. The Bertz CT molecular complexity index is 761. The normalized spacial score (nSPS) is 17.8. The molecule has 0 unspecified atom stereocenters. The summed E-state index contributed by atoms with van der Waals surface area (Å²) < 4.78 is 17.8. The van der Waals surface area contributed by atoms with Crippen LogP contribution >= 0.6 is 0 Å². The molecule has 0 bridgehead atoms. The summed E-state index contributed by atoms with van der Waals surface area (Å²) in [4.78, 5) is 32.9. The van der Waals surface area contributed by atoms with Crippen molar-refractivity contribution in [1.29, 1.82) is 0 Å². The summed E-state index contributed by atoms with van der Waals surface area (Å²) in [5, 5.41) is 2.40. The fourth-order valence-electron chi connectivity index (χ4n) is 3.00. The number of carbonyl (C=O) groups excluding carboxylic acids is 2. The zero-order chi connectivity index (χ0) is 17.1. The molecule has 0 aliphatic carbocycles.